The topological polar surface area (TPSA) is 53.0 Å². The lowest BCUT2D eigenvalue weighted by Crippen LogP contribution is -2.64. The number of rotatable bonds is 2. The third-order valence-corrected chi connectivity index (χ3v) is 10.2. The van der Waals surface area contributed by atoms with Crippen LogP contribution in [0.2, 0.25) is 18.1 Å². The van der Waals surface area contributed by atoms with E-state index in [9.17, 15) is 5.11 Å². The van der Waals surface area contributed by atoms with Crippen LogP contribution < -0.4 is 15.1 Å². The van der Waals surface area contributed by atoms with Gasteiger partial charge in [0.2, 0.25) is 5.32 Å². The summed E-state index contributed by atoms with van der Waals surface area (Å²) >= 11 is 3.50. The summed E-state index contributed by atoms with van der Waals surface area (Å²) in [6.07, 6.45) is 0. The summed E-state index contributed by atoms with van der Waals surface area (Å²) in [5.41, 5.74) is 0.832. The van der Waals surface area contributed by atoms with Crippen molar-refractivity contribution in [3.05, 3.63) is 28.7 Å². The van der Waals surface area contributed by atoms with Crippen molar-refractivity contribution in [2.75, 3.05) is 0 Å². The van der Waals surface area contributed by atoms with Crippen LogP contribution in [0.1, 0.15) is 20.8 Å². The van der Waals surface area contributed by atoms with Crippen LogP contribution >= 0.6 is 15.9 Å². The van der Waals surface area contributed by atoms with Gasteiger partial charge in [0.1, 0.15) is 5.95 Å². The Bertz CT molecular complexity index is 632. The highest BCUT2D eigenvalue weighted by molar-refractivity contribution is 9.10. The molecule has 1 aromatic heterocycles. The number of benzene rings is 1. The Morgan fingerprint density at radius 2 is 1.85 bits per heavy atom. The minimum absolute atomic E-state index is 0.0285. The monoisotopic (exact) mass is 354 g/mol. The quantitative estimate of drug-likeness (QED) is 0.614. The van der Waals surface area contributed by atoms with Gasteiger partial charge < -0.3 is 9.63 Å². The molecule has 0 bridgehead atoms. The van der Waals surface area contributed by atoms with Gasteiger partial charge in [0.25, 0.3) is 5.69 Å². The second-order valence-electron chi connectivity index (χ2n) is 6.45. The highest BCUT2D eigenvalue weighted by Crippen LogP contribution is 2.36. The van der Waals surface area contributed by atoms with E-state index in [2.05, 4.69) is 55.1 Å². The average Bonchev–Trinajstić information content (AvgIpc) is 2.70. The van der Waals surface area contributed by atoms with Crippen molar-refractivity contribution in [3.63, 3.8) is 0 Å². The summed E-state index contributed by atoms with van der Waals surface area (Å²) in [7, 11) is -2.05. The van der Waals surface area contributed by atoms with E-state index in [0.29, 0.717) is 5.32 Å². The number of aromatic nitrogens is 2. The number of para-hydroxylation sites is 1. The van der Waals surface area contributed by atoms with Gasteiger partial charge in [-0.05, 0) is 31.7 Å². The Balaban J connectivity index is 2.69. The molecule has 2 aromatic rings. The zero-order valence-electron chi connectivity index (χ0n) is 12.4. The molecule has 1 aromatic carbocycles. The van der Waals surface area contributed by atoms with Crippen molar-refractivity contribution < 1.29 is 14.3 Å². The summed E-state index contributed by atoms with van der Waals surface area (Å²) in [4.78, 5) is 0. The lowest BCUT2D eigenvalue weighted by molar-refractivity contribution is -0.655. The van der Waals surface area contributed by atoms with E-state index in [1.165, 1.54) is 0 Å². The summed E-state index contributed by atoms with van der Waals surface area (Å²) in [6.45, 7) is 10.8. The molecule has 0 radical (unpaired) electrons. The SMILES string of the molecule is CC(C)(C)[Si](C)(C)c1c([O-])on[n+]1-c1ccccc1Br. The lowest BCUT2D eigenvalue weighted by atomic mass is 10.2. The number of hydrogen-bond acceptors (Lipinski definition) is 3. The first-order valence-corrected chi connectivity index (χ1v) is 10.3. The van der Waals surface area contributed by atoms with Gasteiger partial charge in [0, 0.05) is 6.07 Å². The molecule has 0 saturated heterocycles. The zero-order chi connectivity index (χ0) is 15.1. The molecule has 108 valence electrons. The molecule has 0 amide bonds. The standard InChI is InChI=1S/C14H19BrN2O2Si/c1-14(2,3)20(4,5)12-13(18)19-16-17(12)11-9-7-6-8-10(11)15/h6-9H,1-5H3. The molecule has 0 spiro atoms. The van der Waals surface area contributed by atoms with Crippen LogP contribution in [0.3, 0.4) is 0 Å². The average molecular weight is 355 g/mol. The van der Waals surface area contributed by atoms with Crippen LogP contribution in [0.5, 0.6) is 5.95 Å². The van der Waals surface area contributed by atoms with E-state index < -0.39 is 8.07 Å². The van der Waals surface area contributed by atoms with Crippen LogP contribution in [0, 0.1) is 0 Å². The smallest absolute Gasteiger partial charge is 0.253 e. The molecule has 6 heteroatoms. The van der Waals surface area contributed by atoms with Gasteiger partial charge in [0.05, 0.1) is 9.74 Å². The van der Waals surface area contributed by atoms with Crippen LogP contribution in [0.15, 0.2) is 33.3 Å². The van der Waals surface area contributed by atoms with E-state index in [-0.39, 0.29) is 11.0 Å². The fraction of sp³-hybridized carbons (Fsp3) is 0.429. The molecular weight excluding hydrogens is 336 g/mol. The molecule has 0 saturated carbocycles. The number of nitrogens with zero attached hydrogens (tertiary/aromatic N) is 2. The van der Waals surface area contributed by atoms with Crippen LogP contribution in [-0.4, -0.2) is 13.3 Å². The minimum atomic E-state index is -2.05. The van der Waals surface area contributed by atoms with Gasteiger partial charge in [-0.3, -0.25) is 0 Å². The summed E-state index contributed by atoms with van der Waals surface area (Å²) < 4.78 is 7.50. The molecular formula is C14H19BrN2O2Si. The van der Waals surface area contributed by atoms with E-state index in [1.807, 2.05) is 24.3 Å². The van der Waals surface area contributed by atoms with Gasteiger partial charge in [-0.1, -0.05) is 46.0 Å². The largest absolute Gasteiger partial charge is 0.539 e. The first-order chi connectivity index (χ1) is 9.16. The number of halogens is 1. The van der Waals surface area contributed by atoms with E-state index >= 15 is 0 Å². The Morgan fingerprint density at radius 1 is 1.25 bits per heavy atom. The second-order valence-corrected chi connectivity index (χ2v) is 12.5. The van der Waals surface area contributed by atoms with Crippen molar-refractivity contribution in [2.45, 2.75) is 38.9 Å². The van der Waals surface area contributed by atoms with Crippen molar-refractivity contribution in [3.8, 4) is 11.6 Å². The summed E-state index contributed by atoms with van der Waals surface area (Å²) in [6, 6.07) is 7.69. The van der Waals surface area contributed by atoms with E-state index in [1.54, 1.807) is 4.68 Å². The zero-order valence-corrected chi connectivity index (χ0v) is 15.0. The summed E-state index contributed by atoms with van der Waals surface area (Å²) in [5.74, 6) is -0.327. The third-order valence-electron chi connectivity index (χ3n) is 4.16. The van der Waals surface area contributed by atoms with Crippen molar-refractivity contribution in [1.82, 2.24) is 5.27 Å². The Morgan fingerprint density at radius 3 is 2.40 bits per heavy atom. The summed E-state index contributed by atoms with van der Waals surface area (Å²) in [5, 5.41) is 16.9. The number of hydrogen-bond donors (Lipinski definition) is 0. The minimum Gasteiger partial charge on any atom is -0.539 e. The Hall–Kier alpha value is -1.14. The molecule has 1 heterocycles. The van der Waals surface area contributed by atoms with Gasteiger partial charge in [-0.15, -0.1) is 0 Å². The fourth-order valence-electron chi connectivity index (χ4n) is 1.91. The molecule has 2 rings (SSSR count). The normalized spacial score (nSPS) is 12.7. The maximum atomic E-state index is 12.2. The molecule has 0 aliphatic rings. The van der Waals surface area contributed by atoms with Gasteiger partial charge >= 0.3 is 0 Å². The second kappa shape index (κ2) is 5.00. The molecule has 0 unspecified atom stereocenters. The van der Waals surface area contributed by atoms with Crippen LogP contribution in [0.4, 0.5) is 0 Å². The maximum Gasteiger partial charge on any atom is 0.253 e. The predicted octanol–water partition coefficient (Wildman–Crippen LogP) is 2.50. The van der Waals surface area contributed by atoms with E-state index in [0.717, 1.165) is 10.2 Å². The predicted molar refractivity (Wildman–Crippen MR) is 82.0 cm³/mol. The molecule has 0 aliphatic heterocycles. The van der Waals surface area contributed by atoms with Crippen LogP contribution in [-0.2, 0) is 0 Å². The molecule has 0 fully saturated rings. The Labute approximate surface area is 128 Å². The van der Waals surface area contributed by atoms with Gasteiger partial charge in [-0.2, -0.15) is 0 Å². The molecule has 4 nitrogen and oxygen atoms in total. The highest BCUT2D eigenvalue weighted by Gasteiger charge is 2.47. The van der Waals surface area contributed by atoms with Gasteiger partial charge in [-0.25, -0.2) is 0 Å². The molecule has 0 atom stereocenters. The first kappa shape index (κ1) is 15.2. The molecule has 0 aliphatic carbocycles. The van der Waals surface area contributed by atoms with Crippen LogP contribution in [0.25, 0.3) is 5.69 Å². The van der Waals surface area contributed by atoms with Crippen molar-refractivity contribution in [2.24, 2.45) is 0 Å². The highest BCUT2D eigenvalue weighted by atomic mass is 79.9. The van der Waals surface area contributed by atoms with E-state index in [4.69, 9.17) is 4.52 Å². The van der Waals surface area contributed by atoms with Crippen molar-refractivity contribution in [1.29, 1.82) is 0 Å². The van der Waals surface area contributed by atoms with Gasteiger partial charge in [0.15, 0.2) is 8.07 Å². The first-order valence-electron chi connectivity index (χ1n) is 6.50. The third kappa shape index (κ3) is 2.42. The lowest BCUT2D eigenvalue weighted by Gasteiger charge is -2.33. The van der Waals surface area contributed by atoms with Crippen molar-refractivity contribution >= 4 is 29.3 Å². The maximum absolute atomic E-state index is 12.2. The Kier molecular flexibility index (Phi) is 3.81. The molecule has 0 N–H and O–H groups in total. The fourth-order valence-corrected chi connectivity index (χ4v) is 4.32. The molecule has 20 heavy (non-hydrogen) atoms.